The summed E-state index contributed by atoms with van der Waals surface area (Å²) in [6.45, 7) is 1.74. The van der Waals surface area contributed by atoms with E-state index in [1.54, 1.807) is 19.1 Å². The SMILES string of the molecule is COc1cc(-c2ccc(F)cn2)cc2c(NC(C)c3cnc(C(F)(F)F)nc3)ncnc12. The number of methoxy groups -OCH3 is 1. The lowest BCUT2D eigenvalue weighted by atomic mass is 10.1. The summed E-state index contributed by atoms with van der Waals surface area (Å²) >= 11 is 0. The van der Waals surface area contributed by atoms with Gasteiger partial charge in [0.2, 0.25) is 5.82 Å². The van der Waals surface area contributed by atoms with Crippen molar-refractivity contribution in [2.75, 3.05) is 12.4 Å². The molecule has 7 nitrogen and oxygen atoms in total. The molecule has 0 aliphatic rings. The predicted octanol–water partition coefficient (Wildman–Crippen LogP) is 4.82. The first kappa shape index (κ1) is 21.3. The van der Waals surface area contributed by atoms with Gasteiger partial charge < -0.3 is 10.1 Å². The van der Waals surface area contributed by atoms with Gasteiger partial charge in [-0.15, -0.1) is 0 Å². The van der Waals surface area contributed by atoms with E-state index in [2.05, 4.69) is 30.2 Å². The molecular weight excluding hydrogens is 428 g/mol. The van der Waals surface area contributed by atoms with Gasteiger partial charge in [-0.1, -0.05) is 0 Å². The first-order chi connectivity index (χ1) is 15.3. The zero-order chi connectivity index (χ0) is 22.9. The number of ether oxygens (including phenoxy) is 1. The van der Waals surface area contributed by atoms with Gasteiger partial charge in [-0.25, -0.2) is 24.3 Å². The number of aromatic nitrogens is 5. The van der Waals surface area contributed by atoms with Gasteiger partial charge in [0, 0.05) is 28.9 Å². The smallest absolute Gasteiger partial charge is 0.451 e. The number of hydrogen-bond donors (Lipinski definition) is 1. The molecule has 32 heavy (non-hydrogen) atoms. The molecule has 0 saturated carbocycles. The summed E-state index contributed by atoms with van der Waals surface area (Å²) in [4.78, 5) is 19.4. The van der Waals surface area contributed by atoms with E-state index in [9.17, 15) is 17.6 Å². The second-order valence-corrected chi connectivity index (χ2v) is 6.86. The Kier molecular flexibility index (Phi) is 5.56. The van der Waals surface area contributed by atoms with E-state index in [1.807, 2.05) is 0 Å². The highest BCUT2D eigenvalue weighted by atomic mass is 19.4. The van der Waals surface area contributed by atoms with Gasteiger partial charge in [0.25, 0.3) is 0 Å². The van der Waals surface area contributed by atoms with Crippen molar-refractivity contribution in [1.82, 2.24) is 24.9 Å². The van der Waals surface area contributed by atoms with E-state index >= 15 is 0 Å². The second-order valence-electron chi connectivity index (χ2n) is 6.86. The zero-order valence-corrected chi connectivity index (χ0v) is 16.9. The molecule has 4 rings (SSSR count). The number of halogens is 4. The maximum absolute atomic E-state index is 13.3. The highest BCUT2D eigenvalue weighted by Crippen LogP contribution is 2.34. The number of hydrogen-bond acceptors (Lipinski definition) is 7. The number of benzene rings is 1. The van der Waals surface area contributed by atoms with Gasteiger partial charge >= 0.3 is 6.18 Å². The third-order valence-electron chi connectivity index (χ3n) is 4.73. The topological polar surface area (TPSA) is 85.7 Å². The molecule has 0 fully saturated rings. The van der Waals surface area contributed by atoms with Crippen LogP contribution >= 0.6 is 0 Å². The van der Waals surface area contributed by atoms with Crippen LogP contribution in [-0.2, 0) is 6.18 Å². The Morgan fingerprint density at radius 2 is 1.72 bits per heavy atom. The van der Waals surface area contributed by atoms with Crippen LogP contribution in [0.3, 0.4) is 0 Å². The summed E-state index contributed by atoms with van der Waals surface area (Å²) in [7, 11) is 1.49. The fourth-order valence-corrected chi connectivity index (χ4v) is 3.10. The largest absolute Gasteiger partial charge is 0.494 e. The third-order valence-corrected chi connectivity index (χ3v) is 4.73. The average Bonchev–Trinajstić information content (AvgIpc) is 2.78. The lowest BCUT2D eigenvalue weighted by molar-refractivity contribution is -0.145. The van der Waals surface area contributed by atoms with Crippen molar-refractivity contribution in [1.29, 1.82) is 0 Å². The molecule has 1 atom stereocenters. The molecule has 0 amide bonds. The van der Waals surface area contributed by atoms with Gasteiger partial charge in [-0.05, 0) is 31.2 Å². The van der Waals surface area contributed by atoms with E-state index in [4.69, 9.17) is 4.74 Å². The first-order valence-electron chi connectivity index (χ1n) is 9.36. The second kappa shape index (κ2) is 8.33. The first-order valence-corrected chi connectivity index (χ1v) is 9.36. The van der Waals surface area contributed by atoms with Crippen LogP contribution in [0, 0.1) is 5.82 Å². The number of nitrogens with one attached hydrogen (secondary N) is 1. The molecule has 164 valence electrons. The standard InChI is InChI=1S/C21H16F4N6O/c1-11(13-7-27-20(28-8-13)21(23,24)25)31-19-15-5-12(16-4-3-14(22)9-26-16)6-17(32-2)18(15)29-10-30-19/h3-11H,1-2H3,(H,29,30,31). The molecule has 0 aliphatic heterocycles. The Labute approximate surface area is 179 Å². The molecule has 1 unspecified atom stereocenters. The fraction of sp³-hybridized carbons (Fsp3) is 0.190. The Morgan fingerprint density at radius 3 is 2.34 bits per heavy atom. The fourth-order valence-electron chi connectivity index (χ4n) is 3.10. The maximum atomic E-state index is 13.3. The van der Waals surface area contributed by atoms with Crippen LogP contribution in [0.2, 0.25) is 0 Å². The number of anilines is 1. The van der Waals surface area contributed by atoms with Gasteiger partial charge in [0.1, 0.15) is 29.2 Å². The molecule has 4 aromatic rings. The van der Waals surface area contributed by atoms with Gasteiger partial charge in [0.15, 0.2) is 0 Å². The van der Waals surface area contributed by atoms with E-state index < -0.39 is 23.9 Å². The van der Waals surface area contributed by atoms with Crippen molar-refractivity contribution in [3.05, 3.63) is 66.4 Å². The van der Waals surface area contributed by atoms with Crippen molar-refractivity contribution in [2.45, 2.75) is 19.1 Å². The van der Waals surface area contributed by atoms with Gasteiger partial charge in [0.05, 0.1) is 25.0 Å². The molecule has 0 radical (unpaired) electrons. The van der Waals surface area contributed by atoms with Crippen molar-refractivity contribution in [3.63, 3.8) is 0 Å². The Morgan fingerprint density at radius 1 is 0.969 bits per heavy atom. The molecule has 3 aromatic heterocycles. The Balaban J connectivity index is 1.72. The van der Waals surface area contributed by atoms with Crippen LogP contribution in [0.4, 0.5) is 23.4 Å². The van der Waals surface area contributed by atoms with E-state index in [0.717, 1.165) is 18.6 Å². The quantitative estimate of drug-likeness (QED) is 0.442. The summed E-state index contributed by atoms with van der Waals surface area (Å²) in [5, 5.41) is 3.74. The average molecular weight is 444 g/mol. The summed E-state index contributed by atoms with van der Waals surface area (Å²) in [5.41, 5.74) is 2.13. The summed E-state index contributed by atoms with van der Waals surface area (Å²) in [6.07, 6.45) is 0.0777. The minimum Gasteiger partial charge on any atom is -0.494 e. The molecular formula is C21H16F4N6O. The minimum absolute atomic E-state index is 0.421. The summed E-state index contributed by atoms with van der Waals surface area (Å²) in [5.74, 6) is -0.786. The number of pyridine rings is 1. The summed E-state index contributed by atoms with van der Waals surface area (Å²) in [6, 6.07) is 5.87. The number of rotatable bonds is 5. The van der Waals surface area contributed by atoms with Crippen molar-refractivity contribution >= 4 is 16.7 Å². The summed E-state index contributed by atoms with van der Waals surface area (Å²) < 4.78 is 56.9. The number of alkyl halides is 3. The van der Waals surface area contributed by atoms with Crippen molar-refractivity contribution < 1.29 is 22.3 Å². The van der Waals surface area contributed by atoms with Crippen LogP contribution in [0.15, 0.2) is 49.2 Å². The van der Waals surface area contributed by atoms with Crippen LogP contribution in [0.25, 0.3) is 22.2 Å². The van der Waals surface area contributed by atoms with Crippen LogP contribution in [0.1, 0.15) is 24.4 Å². The number of fused-ring (bicyclic) bond motifs is 1. The molecule has 0 bridgehead atoms. The van der Waals surface area contributed by atoms with Crippen LogP contribution in [0.5, 0.6) is 5.75 Å². The third kappa shape index (κ3) is 4.27. The van der Waals surface area contributed by atoms with E-state index in [1.165, 1.54) is 25.6 Å². The Bertz CT molecular complexity index is 1250. The van der Waals surface area contributed by atoms with Crippen LogP contribution in [-0.4, -0.2) is 32.0 Å². The highest BCUT2D eigenvalue weighted by molar-refractivity contribution is 5.96. The van der Waals surface area contributed by atoms with E-state index in [-0.39, 0.29) is 0 Å². The normalized spacial score (nSPS) is 12.6. The molecule has 0 saturated heterocycles. The van der Waals surface area contributed by atoms with Crippen LogP contribution < -0.4 is 10.1 Å². The van der Waals surface area contributed by atoms with E-state index in [0.29, 0.717) is 39.3 Å². The zero-order valence-electron chi connectivity index (χ0n) is 16.9. The molecule has 1 N–H and O–H groups in total. The van der Waals surface area contributed by atoms with Crippen molar-refractivity contribution in [2.24, 2.45) is 0 Å². The predicted molar refractivity (Wildman–Crippen MR) is 108 cm³/mol. The number of nitrogens with zero attached hydrogens (tertiary/aromatic N) is 5. The highest BCUT2D eigenvalue weighted by Gasteiger charge is 2.34. The molecule has 1 aromatic carbocycles. The molecule has 3 heterocycles. The minimum atomic E-state index is -4.61. The monoisotopic (exact) mass is 444 g/mol. The molecule has 11 heteroatoms. The lowest BCUT2D eigenvalue weighted by Crippen LogP contribution is -2.14. The van der Waals surface area contributed by atoms with Gasteiger partial charge in [-0.2, -0.15) is 13.2 Å². The molecule has 0 spiro atoms. The Hall–Kier alpha value is -3.89. The van der Waals surface area contributed by atoms with Crippen molar-refractivity contribution in [3.8, 4) is 17.0 Å². The maximum Gasteiger partial charge on any atom is 0.451 e. The van der Waals surface area contributed by atoms with Gasteiger partial charge in [-0.3, -0.25) is 4.98 Å². The molecule has 0 aliphatic carbocycles. The lowest BCUT2D eigenvalue weighted by Gasteiger charge is -2.17.